The van der Waals surface area contributed by atoms with E-state index in [0.29, 0.717) is 20.6 Å². The number of aromatic nitrogens is 3. The first-order chi connectivity index (χ1) is 13.8. The van der Waals surface area contributed by atoms with Gasteiger partial charge in [-0.1, -0.05) is 11.6 Å². The van der Waals surface area contributed by atoms with Crippen LogP contribution in [0.4, 0.5) is 5.69 Å². The van der Waals surface area contributed by atoms with Gasteiger partial charge in [0, 0.05) is 23.7 Å². The molecule has 0 atom stereocenters. The molecule has 0 fully saturated rings. The molecule has 29 heavy (non-hydrogen) atoms. The molecule has 0 N–H and O–H groups in total. The molecule has 3 aromatic rings. The Kier molecular flexibility index (Phi) is 6.25. The van der Waals surface area contributed by atoms with Crippen LogP contribution in [0.3, 0.4) is 0 Å². The van der Waals surface area contributed by atoms with Crippen molar-refractivity contribution >= 4 is 40.8 Å². The number of Topliss-reactive ketones (excluding diaryl/α,β-unsaturated/α-hetero) is 1. The minimum absolute atomic E-state index is 0.0390. The number of aryl methyl sites for hydroxylation is 1. The Balaban J connectivity index is 1.72. The van der Waals surface area contributed by atoms with Crippen LogP contribution < -0.4 is 0 Å². The summed E-state index contributed by atoms with van der Waals surface area (Å²) in [5.41, 5.74) is 0.0167. The smallest absolute Gasteiger partial charge is 0.338 e. The van der Waals surface area contributed by atoms with Crippen LogP contribution >= 0.6 is 23.4 Å². The van der Waals surface area contributed by atoms with E-state index in [2.05, 4.69) is 10.2 Å². The number of ether oxygens (including phenoxy) is 1. The zero-order valence-electron chi connectivity index (χ0n) is 14.9. The van der Waals surface area contributed by atoms with Gasteiger partial charge in [-0.15, -0.1) is 10.2 Å². The van der Waals surface area contributed by atoms with Gasteiger partial charge < -0.3 is 9.30 Å². The van der Waals surface area contributed by atoms with E-state index in [-0.39, 0.29) is 11.3 Å². The predicted octanol–water partition coefficient (Wildman–Crippen LogP) is 3.57. The number of ketones is 1. The molecule has 3 rings (SSSR count). The van der Waals surface area contributed by atoms with Gasteiger partial charge in [0.15, 0.2) is 17.5 Å². The Morgan fingerprint density at radius 3 is 2.52 bits per heavy atom. The lowest BCUT2D eigenvalue weighted by molar-refractivity contribution is -0.387. The normalized spacial score (nSPS) is 10.6. The van der Waals surface area contributed by atoms with Crippen LogP contribution in [0.25, 0.3) is 0 Å². The summed E-state index contributed by atoms with van der Waals surface area (Å²) in [7, 11) is 1.71. The van der Waals surface area contributed by atoms with E-state index < -0.39 is 23.3 Å². The highest BCUT2D eigenvalue weighted by Gasteiger charge is 2.21. The van der Waals surface area contributed by atoms with Gasteiger partial charge in [0.2, 0.25) is 0 Å². The number of hydrogen-bond acceptors (Lipinski definition) is 8. The summed E-state index contributed by atoms with van der Waals surface area (Å²) >= 11 is 6.81. The number of carbonyl (C=O) groups excluding carboxylic acids is 2. The van der Waals surface area contributed by atoms with Crippen molar-refractivity contribution in [1.29, 1.82) is 0 Å². The van der Waals surface area contributed by atoms with Crippen LogP contribution in [0.15, 0.2) is 58.8 Å². The van der Waals surface area contributed by atoms with Crippen molar-refractivity contribution in [2.45, 2.75) is 10.1 Å². The molecule has 2 aromatic carbocycles. The second kappa shape index (κ2) is 8.84. The molecule has 0 spiro atoms. The fourth-order valence-electron chi connectivity index (χ4n) is 2.27. The fraction of sp³-hybridized carbons (Fsp3) is 0.111. The number of rotatable bonds is 7. The number of nitro benzene ring substituents is 1. The lowest BCUT2D eigenvalue weighted by Gasteiger charge is -2.07. The third kappa shape index (κ3) is 4.98. The molecule has 0 aliphatic heterocycles. The van der Waals surface area contributed by atoms with Gasteiger partial charge in [0.1, 0.15) is 6.33 Å². The number of nitro groups is 1. The van der Waals surface area contributed by atoms with E-state index in [0.717, 1.165) is 17.8 Å². The van der Waals surface area contributed by atoms with Crippen molar-refractivity contribution in [2.75, 3.05) is 6.61 Å². The summed E-state index contributed by atoms with van der Waals surface area (Å²) in [6.07, 6.45) is 1.47. The first kappa shape index (κ1) is 20.5. The predicted molar refractivity (Wildman–Crippen MR) is 104 cm³/mol. The molecule has 0 amide bonds. The van der Waals surface area contributed by atoms with E-state index in [1.807, 2.05) is 0 Å². The Bertz CT molecular complexity index is 1080. The number of nitrogens with zero attached hydrogens (tertiary/aromatic N) is 4. The number of carbonyl (C=O) groups is 2. The van der Waals surface area contributed by atoms with E-state index in [1.165, 1.54) is 30.6 Å². The summed E-state index contributed by atoms with van der Waals surface area (Å²) in [6, 6.07) is 10.0. The molecule has 0 bridgehead atoms. The highest BCUT2D eigenvalue weighted by atomic mass is 35.5. The molecule has 0 saturated heterocycles. The molecule has 1 aromatic heterocycles. The van der Waals surface area contributed by atoms with Gasteiger partial charge in [-0.05, 0) is 48.2 Å². The fourth-order valence-corrected chi connectivity index (χ4v) is 3.25. The molecule has 0 saturated carbocycles. The number of hydrogen-bond donors (Lipinski definition) is 0. The van der Waals surface area contributed by atoms with Crippen molar-refractivity contribution in [2.24, 2.45) is 7.05 Å². The van der Waals surface area contributed by atoms with Crippen LogP contribution in [-0.4, -0.2) is 38.0 Å². The second-order valence-electron chi connectivity index (χ2n) is 5.77. The summed E-state index contributed by atoms with van der Waals surface area (Å²) < 4.78 is 6.61. The van der Waals surface area contributed by atoms with Gasteiger partial charge in [-0.3, -0.25) is 14.9 Å². The Morgan fingerprint density at radius 2 is 1.90 bits per heavy atom. The maximum absolute atomic E-state index is 12.2. The van der Waals surface area contributed by atoms with E-state index >= 15 is 0 Å². The highest BCUT2D eigenvalue weighted by molar-refractivity contribution is 7.99. The summed E-state index contributed by atoms with van der Waals surface area (Å²) in [4.78, 5) is 35.4. The SMILES string of the molecule is Cn1cnnc1Sc1ccc(C(=O)OCC(=O)c2ccc(Cl)cc2)cc1[N+](=O)[O-]. The topological polar surface area (TPSA) is 117 Å². The van der Waals surface area contributed by atoms with Crippen molar-refractivity contribution in [1.82, 2.24) is 14.8 Å². The number of benzene rings is 2. The molecule has 9 nitrogen and oxygen atoms in total. The quantitative estimate of drug-likeness (QED) is 0.240. The number of esters is 1. The van der Waals surface area contributed by atoms with Gasteiger partial charge in [-0.25, -0.2) is 4.79 Å². The molecule has 11 heteroatoms. The minimum atomic E-state index is -0.842. The van der Waals surface area contributed by atoms with Crippen LogP contribution in [-0.2, 0) is 11.8 Å². The third-order valence-corrected chi connectivity index (χ3v) is 5.13. The molecule has 0 radical (unpaired) electrons. The van der Waals surface area contributed by atoms with Crippen LogP contribution in [0.2, 0.25) is 5.02 Å². The molecule has 1 heterocycles. The summed E-state index contributed by atoms with van der Waals surface area (Å²) in [6.45, 7) is -0.496. The first-order valence-corrected chi connectivity index (χ1v) is 9.31. The third-order valence-electron chi connectivity index (χ3n) is 3.76. The van der Waals surface area contributed by atoms with Crippen molar-refractivity contribution in [3.05, 3.63) is 75.1 Å². The lowest BCUT2D eigenvalue weighted by Crippen LogP contribution is -2.14. The van der Waals surface area contributed by atoms with Gasteiger partial charge in [0.25, 0.3) is 5.69 Å². The van der Waals surface area contributed by atoms with Crippen molar-refractivity contribution < 1.29 is 19.2 Å². The van der Waals surface area contributed by atoms with Crippen LogP contribution in [0, 0.1) is 10.1 Å². The van der Waals surface area contributed by atoms with Crippen LogP contribution in [0.1, 0.15) is 20.7 Å². The van der Waals surface area contributed by atoms with Crippen molar-refractivity contribution in [3.8, 4) is 0 Å². The average Bonchev–Trinajstić information content (AvgIpc) is 3.11. The highest BCUT2D eigenvalue weighted by Crippen LogP contribution is 2.34. The Morgan fingerprint density at radius 1 is 1.21 bits per heavy atom. The van der Waals surface area contributed by atoms with E-state index in [9.17, 15) is 19.7 Å². The molecule has 0 unspecified atom stereocenters. The lowest BCUT2D eigenvalue weighted by atomic mass is 10.1. The molecular formula is C18H13ClN4O5S. The average molecular weight is 433 g/mol. The molecular weight excluding hydrogens is 420 g/mol. The van der Waals surface area contributed by atoms with Gasteiger partial charge in [-0.2, -0.15) is 0 Å². The molecule has 148 valence electrons. The Hall–Kier alpha value is -3.24. The van der Waals surface area contributed by atoms with Crippen molar-refractivity contribution in [3.63, 3.8) is 0 Å². The standard InChI is InChI=1S/C18H13ClN4O5S/c1-22-10-20-21-18(22)29-16-7-4-12(8-14(16)23(26)27)17(25)28-9-15(24)11-2-5-13(19)6-3-11/h2-8,10H,9H2,1H3. The number of halogens is 1. The largest absolute Gasteiger partial charge is 0.454 e. The molecule has 0 aliphatic carbocycles. The minimum Gasteiger partial charge on any atom is -0.454 e. The Labute approximate surface area is 173 Å². The van der Waals surface area contributed by atoms with E-state index in [4.69, 9.17) is 16.3 Å². The van der Waals surface area contributed by atoms with Gasteiger partial charge >= 0.3 is 5.97 Å². The van der Waals surface area contributed by atoms with Crippen LogP contribution in [0.5, 0.6) is 0 Å². The zero-order valence-corrected chi connectivity index (χ0v) is 16.5. The van der Waals surface area contributed by atoms with Gasteiger partial charge in [0.05, 0.1) is 15.4 Å². The second-order valence-corrected chi connectivity index (χ2v) is 7.22. The maximum Gasteiger partial charge on any atom is 0.338 e. The van der Waals surface area contributed by atoms with E-state index in [1.54, 1.807) is 23.7 Å². The summed E-state index contributed by atoms with van der Waals surface area (Å²) in [5.74, 6) is -1.26. The molecule has 0 aliphatic rings. The maximum atomic E-state index is 12.2. The monoisotopic (exact) mass is 432 g/mol. The summed E-state index contributed by atoms with van der Waals surface area (Å²) in [5, 5.41) is 19.9. The first-order valence-electron chi connectivity index (χ1n) is 8.11. The zero-order chi connectivity index (χ0) is 21.0.